The first kappa shape index (κ1) is 13.0. The van der Waals surface area contributed by atoms with Gasteiger partial charge in [0.15, 0.2) is 0 Å². The molecule has 0 aromatic carbocycles. The summed E-state index contributed by atoms with van der Waals surface area (Å²) in [6.07, 6.45) is 1.85. The molecule has 0 bridgehead atoms. The third kappa shape index (κ3) is 2.68. The molecule has 1 aliphatic heterocycles. The Morgan fingerprint density at radius 2 is 2.32 bits per heavy atom. The van der Waals surface area contributed by atoms with Crippen molar-refractivity contribution in [3.8, 4) is 0 Å². The van der Waals surface area contributed by atoms with Gasteiger partial charge in [-0.25, -0.2) is 15.8 Å². The number of hydrazine groups is 1. The van der Waals surface area contributed by atoms with E-state index in [4.69, 9.17) is 5.84 Å². The van der Waals surface area contributed by atoms with Crippen LogP contribution in [0.4, 0.5) is 17.3 Å². The van der Waals surface area contributed by atoms with E-state index >= 15 is 0 Å². The van der Waals surface area contributed by atoms with Gasteiger partial charge in [0, 0.05) is 13.1 Å². The lowest BCUT2D eigenvalue weighted by atomic mass is 10.3. The molecule has 2 rings (SSSR count). The summed E-state index contributed by atoms with van der Waals surface area (Å²) in [6.45, 7) is 1.04. The van der Waals surface area contributed by atoms with Crippen molar-refractivity contribution in [2.45, 2.75) is 6.42 Å². The molecule has 0 aliphatic carbocycles. The fourth-order valence-electron chi connectivity index (χ4n) is 1.86. The third-order valence-electron chi connectivity index (χ3n) is 2.68. The topological polar surface area (TPSA) is 139 Å². The van der Waals surface area contributed by atoms with Crippen molar-refractivity contribution in [2.75, 3.05) is 30.0 Å². The van der Waals surface area contributed by atoms with Gasteiger partial charge in [-0.05, 0) is 6.42 Å². The Hall–Kier alpha value is -2.49. The van der Waals surface area contributed by atoms with E-state index in [1.165, 1.54) is 6.33 Å². The largest absolute Gasteiger partial charge is 0.354 e. The van der Waals surface area contributed by atoms with E-state index < -0.39 is 4.92 Å². The summed E-state index contributed by atoms with van der Waals surface area (Å²) in [5.74, 6) is 5.01. The van der Waals surface area contributed by atoms with Crippen LogP contribution < -0.4 is 21.5 Å². The highest BCUT2D eigenvalue weighted by molar-refractivity contribution is 5.83. The van der Waals surface area contributed by atoms with Crippen LogP contribution in [-0.2, 0) is 4.79 Å². The summed E-state index contributed by atoms with van der Waals surface area (Å²) in [5.41, 5.74) is 1.83. The van der Waals surface area contributed by atoms with E-state index in [-0.39, 0.29) is 29.8 Å². The molecule has 1 fully saturated rings. The lowest BCUT2D eigenvalue weighted by Crippen LogP contribution is -2.34. The zero-order valence-corrected chi connectivity index (χ0v) is 10.00. The minimum Gasteiger partial charge on any atom is -0.354 e. The third-order valence-corrected chi connectivity index (χ3v) is 2.68. The zero-order valence-electron chi connectivity index (χ0n) is 10.00. The molecule has 102 valence electrons. The molecule has 10 heteroatoms. The average Bonchev–Trinajstić information content (AvgIpc) is 2.62. The summed E-state index contributed by atoms with van der Waals surface area (Å²) in [7, 11) is 0. The SMILES string of the molecule is NNc1ncnc(N2CCCNC(=O)C2)c1[N+](=O)[O-]. The molecule has 0 radical (unpaired) electrons. The van der Waals surface area contributed by atoms with Crippen molar-refractivity contribution in [2.24, 2.45) is 5.84 Å². The molecular weight excluding hydrogens is 254 g/mol. The first-order valence-corrected chi connectivity index (χ1v) is 5.61. The highest BCUT2D eigenvalue weighted by Crippen LogP contribution is 2.31. The number of anilines is 2. The fraction of sp³-hybridized carbons (Fsp3) is 0.444. The predicted octanol–water partition coefficient (Wildman–Crippen LogP) is -1.00. The molecule has 1 aliphatic rings. The number of amides is 1. The summed E-state index contributed by atoms with van der Waals surface area (Å²) >= 11 is 0. The lowest BCUT2D eigenvalue weighted by Gasteiger charge is -2.19. The van der Waals surface area contributed by atoms with Gasteiger partial charge in [0.25, 0.3) is 0 Å². The molecule has 1 aromatic rings. The summed E-state index contributed by atoms with van der Waals surface area (Å²) in [6, 6.07) is 0. The number of hydrogen-bond acceptors (Lipinski definition) is 8. The number of hydrogen-bond donors (Lipinski definition) is 3. The van der Waals surface area contributed by atoms with Gasteiger partial charge >= 0.3 is 5.69 Å². The Morgan fingerprint density at radius 3 is 3.00 bits per heavy atom. The number of nitro groups is 1. The lowest BCUT2D eigenvalue weighted by molar-refractivity contribution is -0.383. The summed E-state index contributed by atoms with van der Waals surface area (Å²) in [5, 5.41) is 13.8. The van der Waals surface area contributed by atoms with E-state index in [0.29, 0.717) is 19.5 Å². The van der Waals surface area contributed by atoms with Crippen LogP contribution in [0.15, 0.2) is 6.33 Å². The molecule has 2 heterocycles. The van der Waals surface area contributed by atoms with Gasteiger partial charge in [0.2, 0.25) is 17.5 Å². The number of carbonyl (C=O) groups excluding carboxylic acids is 1. The van der Waals surface area contributed by atoms with Gasteiger partial charge in [-0.2, -0.15) is 0 Å². The molecule has 0 unspecified atom stereocenters. The number of nitrogens with two attached hydrogens (primary N) is 1. The Balaban J connectivity index is 2.42. The molecule has 19 heavy (non-hydrogen) atoms. The second kappa shape index (κ2) is 5.44. The molecular formula is C9H13N7O3. The maximum absolute atomic E-state index is 11.5. The minimum atomic E-state index is -0.618. The molecule has 0 saturated carbocycles. The van der Waals surface area contributed by atoms with Crippen molar-refractivity contribution < 1.29 is 9.72 Å². The number of carbonyl (C=O) groups is 1. The molecule has 1 amide bonds. The van der Waals surface area contributed by atoms with E-state index in [1.54, 1.807) is 4.90 Å². The van der Waals surface area contributed by atoms with E-state index in [2.05, 4.69) is 20.7 Å². The normalized spacial score (nSPS) is 15.6. The quantitative estimate of drug-likeness (QED) is 0.360. The standard InChI is InChI=1S/C9H13N7O3/c10-14-8-7(16(18)19)9(13-5-12-8)15-3-1-2-11-6(17)4-15/h5H,1-4,10H2,(H,11,17)(H,12,13,14). The van der Waals surface area contributed by atoms with Crippen LogP contribution >= 0.6 is 0 Å². The van der Waals surface area contributed by atoms with Crippen LogP contribution in [0.3, 0.4) is 0 Å². The second-order valence-electron chi connectivity index (χ2n) is 3.92. The Bertz CT molecular complexity index is 507. The van der Waals surface area contributed by atoms with Gasteiger partial charge in [0.05, 0.1) is 11.5 Å². The highest BCUT2D eigenvalue weighted by atomic mass is 16.6. The molecule has 0 atom stereocenters. The van der Waals surface area contributed by atoms with Gasteiger partial charge in [-0.15, -0.1) is 0 Å². The van der Waals surface area contributed by atoms with Crippen LogP contribution in [0.25, 0.3) is 0 Å². The highest BCUT2D eigenvalue weighted by Gasteiger charge is 2.28. The zero-order chi connectivity index (χ0) is 13.8. The van der Waals surface area contributed by atoms with Crippen LogP contribution in [0, 0.1) is 10.1 Å². The number of aromatic nitrogens is 2. The minimum absolute atomic E-state index is 0.0157. The predicted molar refractivity (Wildman–Crippen MR) is 66.3 cm³/mol. The molecule has 1 saturated heterocycles. The average molecular weight is 267 g/mol. The van der Waals surface area contributed by atoms with Crippen molar-refractivity contribution in [3.63, 3.8) is 0 Å². The van der Waals surface area contributed by atoms with Crippen molar-refractivity contribution in [1.29, 1.82) is 0 Å². The Labute approximate surface area is 108 Å². The first-order valence-electron chi connectivity index (χ1n) is 5.61. The first-order chi connectivity index (χ1) is 9.13. The van der Waals surface area contributed by atoms with Crippen LogP contribution in [0.5, 0.6) is 0 Å². The second-order valence-corrected chi connectivity index (χ2v) is 3.92. The maximum Gasteiger partial charge on any atom is 0.354 e. The van der Waals surface area contributed by atoms with Gasteiger partial charge in [0.1, 0.15) is 6.33 Å². The van der Waals surface area contributed by atoms with Crippen molar-refractivity contribution >= 4 is 23.2 Å². The van der Waals surface area contributed by atoms with Crippen molar-refractivity contribution in [1.82, 2.24) is 15.3 Å². The Kier molecular flexibility index (Phi) is 3.71. The smallest absolute Gasteiger partial charge is 0.354 e. The van der Waals surface area contributed by atoms with Crippen molar-refractivity contribution in [3.05, 3.63) is 16.4 Å². The van der Waals surface area contributed by atoms with E-state index in [9.17, 15) is 14.9 Å². The summed E-state index contributed by atoms with van der Waals surface area (Å²) < 4.78 is 0. The van der Waals surface area contributed by atoms with Gasteiger partial charge in [-0.1, -0.05) is 0 Å². The van der Waals surface area contributed by atoms with Gasteiger partial charge < -0.3 is 15.6 Å². The maximum atomic E-state index is 11.5. The fourth-order valence-corrected chi connectivity index (χ4v) is 1.86. The van der Waals surface area contributed by atoms with E-state index in [1.807, 2.05) is 0 Å². The molecule has 0 spiro atoms. The van der Waals surface area contributed by atoms with Crippen LogP contribution in [0.2, 0.25) is 0 Å². The monoisotopic (exact) mass is 267 g/mol. The number of nitrogens with one attached hydrogen (secondary N) is 2. The van der Waals surface area contributed by atoms with Gasteiger partial charge in [-0.3, -0.25) is 14.9 Å². The number of nitrogens with zero attached hydrogens (tertiary/aromatic N) is 4. The molecule has 10 nitrogen and oxygen atoms in total. The molecule has 1 aromatic heterocycles. The summed E-state index contributed by atoms with van der Waals surface area (Å²) in [4.78, 5) is 31.1. The number of nitrogen functional groups attached to an aromatic ring is 1. The number of rotatable bonds is 3. The van der Waals surface area contributed by atoms with Crippen LogP contribution in [-0.4, -0.2) is 40.4 Å². The Morgan fingerprint density at radius 1 is 1.53 bits per heavy atom. The van der Waals surface area contributed by atoms with E-state index in [0.717, 1.165) is 0 Å². The molecule has 4 N–H and O–H groups in total. The van der Waals surface area contributed by atoms with Crippen LogP contribution in [0.1, 0.15) is 6.42 Å².